The third-order valence-corrected chi connectivity index (χ3v) is 3.82. The average Bonchev–Trinajstić information content (AvgIpc) is 2.95. The Kier molecular flexibility index (Phi) is 5.97. The average molecular weight is 312 g/mol. The second-order valence-corrected chi connectivity index (χ2v) is 5.34. The maximum Gasteiger partial charge on any atom is 0.245 e. The van der Waals surface area contributed by atoms with Gasteiger partial charge in [-0.3, -0.25) is 4.79 Å². The molecule has 2 rings (SSSR count). The lowest BCUT2D eigenvalue weighted by atomic mass is 10.2. The number of amides is 1. The van der Waals surface area contributed by atoms with Crippen LogP contribution in [0.25, 0.3) is 0 Å². The normalized spacial score (nSPS) is 10.9. The van der Waals surface area contributed by atoms with E-state index in [-0.39, 0.29) is 5.91 Å². The number of hydrogen-bond acceptors (Lipinski definition) is 3. The van der Waals surface area contributed by atoms with Gasteiger partial charge in [0.05, 0.1) is 12.6 Å². The second-order valence-electron chi connectivity index (χ2n) is 5.34. The van der Waals surface area contributed by atoms with Gasteiger partial charge in [0.2, 0.25) is 5.91 Å². The Labute approximate surface area is 137 Å². The van der Waals surface area contributed by atoms with E-state index < -0.39 is 0 Å². The van der Waals surface area contributed by atoms with Gasteiger partial charge in [-0.1, -0.05) is 12.1 Å². The third kappa shape index (κ3) is 4.71. The van der Waals surface area contributed by atoms with Gasteiger partial charge in [-0.05, 0) is 43.7 Å². The summed E-state index contributed by atoms with van der Waals surface area (Å²) in [7, 11) is 1.92. The topological polar surface area (TPSA) is 49.6 Å². The van der Waals surface area contributed by atoms with Gasteiger partial charge < -0.3 is 9.47 Å². The molecule has 0 radical (unpaired) electrons. The Bertz CT molecular complexity index is 654. The lowest BCUT2D eigenvalue weighted by Crippen LogP contribution is -2.21. The van der Waals surface area contributed by atoms with Crippen LogP contribution in [0.5, 0.6) is 0 Å². The van der Waals surface area contributed by atoms with Gasteiger partial charge in [-0.25, -0.2) is 5.43 Å². The van der Waals surface area contributed by atoms with Gasteiger partial charge in [-0.15, -0.1) is 0 Å². The molecule has 1 N–H and O–H groups in total. The van der Waals surface area contributed by atoms with Crippen molar-refractivity contribution in [3.05, 3.63) is 53.9 Å². The van der Waals surface area contributed by atoms with Crippen molar-refractivity contribution in [2.75, 3.05) is 18.0 Å². The first-order valence-corrected chi connectivity index (χ1v) is 7.91. The highest BCUT2D eigenvalue weighted by molar-refractivity contribution is 5.83. The molecule has 23 heavy (non-hydrogen) atoms. The van der Waals surface area contributed by atoms with Gasteiger partial charge in [0.1, 0.15) is 0 Å². The van der Waals surface area contributed by atoms with E-state index in [1.165, 1.54) is 5.69 Å². The molecular formula is C18H24N4O. The molecule has 1 aromatic carbocycles. The van der Waals surface area contributed by atoms with Gasteiger partial charge in [0.25, 0.3) is 0 Å². The number of hydrazone groups is 1. The molecule has 1 aromatic heterocycles. The molecule has 0 atom stereocenters. The van der Waals surface area contributed by atoms with E-state index in [4.69, 9.17) is 0 Å². The first-order valence-electron chi connectivity index (χ1n) is 7.91. The van der Waals surface area contributed by atoms with Crippen molar-refractivity contribution in [1.29, 1.82) is 0 Å². The van der Waals surface area contributed by atoms with Gasteiger partial charge in [-0.2, -0.15) is 5.10 Å². The summed E-state index contributed by atoms with van der Waals surface area (Å²) >= 11 is 0. The molecule has 1 heterocycles. The lowest BCUT2D eigenvalue weighted by molar-refractivity contribution is -0.120. The molecule has 0 saturated heterocycles. The zero-order chi connectivity index (χ0) is 16.7. The summed E-state index contributed by atoms with van der Waals surface area (Å²) in [5.41, 5.74) is 5.68. The van der Waals surface area contributed by atoms with E-state index >= 15 is 0 Å². The van der Waals surface area contributed by atoms with E-state index in [9.17, 15) is 4.79 Å². The van der Waals surface area contributed by atoms with E-state index in [1.807, 2.05) is 42.1 Å². The van der Waals surface area contributed by atoms with Crippen molar-refractivity contribution in [2.45, 2.75) is 20.3 Å². The van der Waals surface area contributed by atoms with Crippen LogP contribution in [0.15, 0.2) is 47.7 Å². The van der Waals surface area contributed by atoms with Crippen LogP contribution in [-0.4, -0.2) is 29.8 Å². The minimum Gasteiger partial charge on any atom is -0.372 e. The van der Waals surface area contributed by atoms with Crippen LogP contribution in [0.3, 0.4) is 0 Å². The Balaban J connectivity index is 1.88. The molecule has 0 aliphatic carbocycles. The molecule has 0 fully saturated rings. The summed E-state index contributed by atoms with van der Waals surface area (Å²) in [5.74, 6) is -0.122. The summed E-state index contributed by atoms with van der Waals surface area (Å²) < 4.78 is 1.93. The largest absolute Gasteiger partial charge is 0.372 e. The highest BCUT2D eigenvalue weighted by Gasteiger charge is 2.04. The van der Waals surface area contributed by atoms with Crippen LogP contribution in [0.1, 0.15) is 25.1 Å². The Morgan fingerprint density at radius 1 is 1.22 bits per heavy atom. The van der Waals surface area contributed by atoms with Crippen LogP contribution in [-0.2, 0) is 18.3 Å². The molecule has 0 spiro atoms. The van der Waals surface area contributed by atoms with Crippen molar-refractivity contribution in [1.82, 2.24) is 9.99 Å². The summed E-state index contributed by atoms with van der Waals surface area (Å²) in [5, 5.41) is 4.02. The number of nitrogens with zero attached hydrogens (tertiary/aromatic N) is 3. The summed E-state index contributed by atoms with van der Waals surface area (Å²) in [6.45, 7) is 6.25. The summed E-state index contributed by atoms with van der Waals surface area (Å²) in [4.78, 5) is 14.1. The smallest absolute Gasteiger partial charge is 0.245 e. The number of nitrogens with one attached hydrogen (secondary N) is 1. The zero-order valence-corrected chi connectivity index (χ0v) is 14.0. The van der Waals surface area contributed by atoms with Crippen LogP contribution >= 0.6 is 0 Å². The molecule has 1 amide bonds. The molecule has 2 aromatic rings. The molecule has 5 heteroatoms. The quantitative estimate of drug-likeness (QED) is 0.631. The van der Waals surface area contributed by atoms with Gasteiger partial charge in [0.15, 0.2) is 0 Å². The highest BCUT2D eigenvalue weighted by Crippen LogP contribution is 2.13. The van der Waals surface area contributed by atoms with E-state index in [0.717, 1.165) is 24.3 Å². The monoisotopic (exact) mass is 312 g/mol. The molecule has 0 aliphatic heterocycles. The second kappa shape index (κ2) is 8.17. The van der Waals surface area contributed by atoms with Crippen molar-refractivity contribution in [3.8, 4) is 0 Å². The standard InChI is InChI=1S/C18H24N4O/c1-4-22(5-2)16-10-8-15(9-11-16)14-19-20-18(23)13-17-7-6-12-21(17)3/h6-12,14H,4-5,13H2,1-3H3,(H,20,23). The molecule has 0 aliphatic rings. The van der Waals surface area contributed by atoms with Crippen molar-refractivity contribution in [2.24, 2.45) is 12.1 Å². The Morgan fingerprint density at radius 3 is 2.48 bits per heavy atom. The Hall–Kier alpha value is -2.56. The third-order valence-electron chi connectivity index (χ3n) is 3.82. The van der Waals surface area contributed by atoms with Crippen molar-refractivity contribution >= 4 is 17.8 Å². The zero-order valence-electron chi connectivity index (χ0n) is 14.0. The van der Waals surface area contributed by atoms with E-state index in [2.05, 4.69) is 41.4 Å². The molecule has 0 saturated carbocycles. The fourth-order valence-corrected chi connectivity index (χ4v) is 2.42. The maximum atomic E-state index is 11.8. The molecule has 0 bridgehead atoms. The molecule has 122 valence electrons. The number of aromatic nitrogens is 1. The fourth-order valence-electron chi connectivity index (χ4n) is 2.42. The number of rotatable bonds is 7. The summed E-state index contributed by atoms with van der Waals surface area (Å²) in [6.07, 6.45) is 3.90. The van der Waals surface area contributed by atoms with Gasteiger partial charge in [0, 0.05) is 37.7 Å². The molecule has 5 nitrogen and oxygen atoms in total. The molecular weight excluding hydrogens is 288 g/mol. The van der Waals surface area contributed by atoms with Crippen LogP contribution in [0.2, 0.25) is 0 Å². The first kappa shape index (κ1) is 16.8. The number of anilines is 1. The van der Waals surface area contributed by atoms with Crippen LogP contribution in [0, 0.1) is 0 Å². The predicted molar refractivity (Wildman–Crippen MR) is 94.9 cm³/mol. The number of carbonyl (C=O) groups excluding carboxylic acids is 1. The van der Waals surface area contributed by atoms with Gasteiger partial charge >= 0.3 is 0 Å². The SMILES string of the molecule is CCN(CC)c1ccc(C=NNC(=O)Cc2cccn2C)cc1. The van der Waals surface area contributed by atoms with Crippen LogP contribution in [0.4, 0.5) is 5.69 Å². The fraction of sp³-hybridized carbons (Fsp3) is 0.333. The van der Waals surface area contributed by atoms with E-state index in [1.54, 1.807) is 6.21 Å². The minimum absolute atomic E-state index is 0.122. The van der Waals surface area contributed by atoms with Crippen molar-refractivity contribution in [3.63, 3.8) is 0 Å². The number of hydrogen-bond donors (Lipinski definition) is 1. The lowest BCUT2D eigenvalue weighted by Gasteiger charge is -2.20. The minimum atomic E-state index is -0.122. The number of aryl methyl sites for hydroxylation is 1. The first-order chi connectivity index (χ1) is 11.1. The Morgan fingerprint density at radius 2 is 1.91 bits per heavy atom. The van der Waals surface area contributed by atoms with Crippen LogP contribution < -0.4 is 10.3 Å². The predicted octanol–water partition coefficient (Wildman–Crippen LogP) is 2.56. The van der Waals surface area contributed by atoms with E-state index in [0.29, 0.717) is 6.42 Å². The number of carbonyl (C=O) groups is 1. The summed E-state index contributed by atoms with van der Waals surface area (Å²) in [6, 6.07) is 12.0. The van der Waals surface area contributed by atoms with Crippen molar-refractivity contribution < 1.29 is 4.79 Å². The number of benzene rings is 1. The molecule has 0 unspecified atom stereocenters. The maximum absolute atomic E-state index is 11.8. The highest BCUT2D eigenvalue weighted by atomic mass is 16.2.